The Bertz CT molecular complexity index is 994. The average Bonchev–Trinajstić information content (AvgIpc) is 3.18. The molecule has 9 heteroatoms. The summed E-state index contributed by atoms with van der Waals surface area (Å²) >= 11 is 0. The van der Waals surface area contributed by atoms with E-state index >= 15 is 0 Å². The lowest BCUT2D eigenvalue weighted by molar-refractivity contribution is -0.161. The van der Waals surface area contributed by atoms with Crippen LogP contribution in [0.5, 0.6) is 0 Å². The second-order valence-electron chi connectivity index (χ2n) is 15.2. The molecule has 1 N–H and O–H groups in total. The van der Waals surface area contributed by atoms with Gasteiger partial charge in [-0.05, 0) is 70.6 Å². The molecule has 0 aliphatic heterocycles. The van der Waals surface area contributed by atoms with Crippen molar-refractivity contribution >= 4 is 19.8 Å². The van der Waals surface area contributed by atoms with Crippen molar-refractivity contribution < 1.29 is 37.6 Å². The van der Waals surface area contributed by atoms with Crippen molar-refractivity contribution in [2.24, 2.45) is 0 Å². The van der Waals surface area contributed by atoms with Crippen molar-refractivity contribution in [2.75, 3.05) is 20.3 Å². The number of hydrogen-bond donors (Lipinski definition) is 1. The Morgan fingerprint density at radius 1 is 0.509 bits per heavy atom. The summed E-state index contributed by atoms with van der Waals surface area (Å²) in [7, 11) is -3.21. The van der Waals surface area contributed by atoms with Crippen LogP contribution in [0.4, 0.5) is 0 Å². The predicted molar refractivity (Wildman–Crippen MR) is 230 cm³/mol. The molecule has 0 bridgehead atoms. The fourth-order valence-corrected chi connectivity index (χ4v) is 6.79. The van der Waals surface area contributed by atoms with Crippen LogP contribution in [0.2, 0.25) is 0 Å². The van der Waals surface area contributed by atoms with Crippen molar-refractivity contribution in [3.63, 3.8) is 0 Å². The van der Waals surface area contributed by atoms with Gasteiger partial charge in [-0.15, -0.1) is 0 Å². The molecular formula is C46H85O8P. The van der Waals surface area contributed by atoms with Crippen LogP contribution in [0, 0.1) is 0 Å². The van der Waals surface area contributed by atoms with Gasteiger partial charge in [0.15, 0.2) is 6.10 Å². The first-order valence-corrected chi connectivity index (χ1v) is 24.2. The number of hydrogen-bond acceptors (Lipinski definition) is 7. The van der Waals surface area contributed by atoms with Crippen LogP contribution >= 0.6 is 7.82 Å². The number of esters is 2. The molecule has 0 heterocycles. The summed E-state index contributed by atoms with van der Waals surface area (Å²) in [5, 5.41) is 0. The van der Waals surface area contributed by atoms with Gasteiger partial charge in [0.2, 0.25) is 0 Å². The zero-order chi connectivity index (χ0) is 40.3. The second kappa shape index (κ2) is 41.9. The van der Waals surface area contributed by atoms with Crippen molar-refractivity contribution in [1.82, 2.24) is 0 Å². The lowest BCUT2D eigenvalue weighted by atomic mass is 10.1. The first-order chi connectivity index (χ1) is 26.8. The Labute approximate surface area is 338 Å². The summed E-state index contributed by atoms with van der Waals surface area (Å²) in [6.07, 6.45) is 49.1. The standard InChI is InChI=1S/C46H85O8P/c1-4-6-8-10-12-14-16-18-20-21-22-23-24-25-27-28-30-32-34-36-38-40-45(47)52-42-44(43-53-55(49,50)51-3)54-46(48)41-39-37-35-33-31-29-26-19-17-15-13-11-9-7-5-2/h13,15,19,21-22,26,44H,4-12,14,16-18,20,23-25,27-43H2,1-3H3,(H,49,50)/b15-13-,22-21-,26-19-. The number of rotatable bonds is 42. The number of carbonyl (C=O) groups is 2. The summed E-state index contributed by atoms with van der Waals surface area (Å²) < 4.78 is 32.0. The van der Waals surface area contributed by atoms with Crippen LogP contribution in [0.15, 0.2) is 36.5 Å². The summed E-state index contributed by atoms with van der Waals surface area (Å²) in [4.78, 5) is 34.5. The van der Waals surface area contributed by atoms with Crippen molar-refractivity contribution in [3.8, 4) is 0 Å². The molecule has 0 rings (SSSR count). The Kier molecular flexibility index (Phi) is 40.6. The zero-order valence-electron chi connectivity index (χ0n) is 35.8. The van der Waals surface area contributed by atoms with Crippen molar-refractivity contribution in [3.05, 3.63) is 36.5 Å². The highest BCUT2D eigenvalue weighted by atomic mass is 31.2. The minimum Gasteiger partial charge on any atom is -0.462 e. The zero-order valence-corrected chi connectivity index (χ0v) is 36.7. The molecule has 0 amide bonds. The smallest absolute Gasteiger partial charge is 0.462 e. The third-order valence-electron chi connectivity index (χ3n) is 9.86. The Morgan fingerprint density at radius 3 is 1.33 bits per heavy atom. The maximum atomic E-state index is 12.5. The molecule has 0 aliphatic carbocycles. The topological polar surface area (TPSA) is 108 Å². The van der Waals surface area contributed by atoms with Crippen LogP contribution in [0.1, 0.15) is 219 Å². The molecule has 0 radical (unpaired) electrons. The van der Waals surface area contributed by atoms with Gasteiger partial charge < -0.3 is 14.4 Å². The minimum atomic E-state index is -4.27. The molecule has 0 aliphatic rings. The van der Waals surface area contributed by atoms with Gasteiger partial charge in [-0.2, -0.15) is 0 Å². The maximum absolute atomic E-state index is 12.5. The van der Waals surface area contributed by atoms with Gasteiger partial charge in [-0.1, -0.05) is 172 Å². The van der Waals surface area contributed by atoms with Crippen LogP contribution in [-0.2, 0) is 32.7 Å². The first kappa shape index (κ1) is 53.3. The molecule has 0 spiro atoms. The van der Waals surface area contributed by atoms with E-state index in [4.69, 9.17) is 14.0 Å². The highest BCUT2D eigenvalue weighted by Crippen LogP contribution is 2.42. The summed E-state index contributed by atoms with van der Waals surface area (Å²) in [5.74, 6) is -0.817. The van der Waals surface area contributed by atoms with Crippen LogP contribution in [0.3, 0.4) is 0 Å². The molecule has 0 aromatic carbocycles. The van der Waals surface area contributed by atoms with Gasteiger partial charge in [0.05, 0.1) is 6.61 Å². The van der Waals surface area contributed by atoms with Gasteiger partial charge in [0, 0.05) is 20.0 Å². The van der Waals surface area contributed by atoms with Gasteiger partial charge in [-0.25, -0.2) is 4.57 Å². The fourth-order valence-electron chi connectivity index (χ4n) is 6.33. The fraction of sp³-hybridized carbons (Fsp3) is 0.826. The molecule has 322 valence electrons. The number of phosphoric acid groups is 1. The highest BCUT2D eigenvalue weighted by Gasteiger charge is 2.24. The minimum absolute atomic E-state index is 0.229. The van der Waals surface area contributed by atoms with Gasteiger partial charge in [-0.3, -0.25) is 18.6 Å². The molecule has 0 fully saturated rings. The maximum Gasteiger partial charge on any atom is 0.472 e. The molecule has 2 unspecified atom stereocenters. The number of carbonyl (C=O) groups excluding carboxylic acids is 2. The SMILES string of the molecule is CCCCC/C=C\C/C=C\CCCCCCCC(=O)OC(COC(=O)CCCCCCCCCCC/C=C\CCCCCCCCCC)COP(=O)(O)OC. The van der Waals surface area contributed by atoms with Crippen LogP contribution in [0.25, 0.3) is 0 Å². The average molecular weight is 797 g/mol. The van der Waals surface area contributed by atoms with E-state index in [0.717, 1.165) is 64.9 Å². The van der Waals surface area contributed by atoms with Gasteiger partial charge >= 0.3 is 19.8 Å². The summed E-state index contributed by atoms with van der Waals surface area (Å²) in [5.41, 5.74) is 0. The van der Waals surface area contributed by atoms with E-state index in [1.165, 1.54) is 128 Å². The van der Waals surface area contributed by atoms with Crippen molar-refractivity contribution in [2.45, 2.75) is 225 Å². The van der Waals surface area contributed by atoms with E-state index in [0.29, 0.717) is 6.42 Å². The number of ether oxygens (including phenoxy) is 2. The second-order valence-corrected chi connectivity index (χ2v) is 16.7. The van der Waals surface area contributed by atoms with Crippen molar-refractivity contribution in [1.29, 1.82) is 0 Å². The normalized spacial score (nSPS) is 13.6. The lowest BCUT2D eigenvalue weighted by Crippen LogP contribution is -2.29. The van der Waals surface area contributed by atoms with E-state index in [1.54, 1.807) is 0 Å². The highest BCUT2D eigenvalue weighted by molar-refractivity contribution is 7.47. The number of phosphoric ester groups is 1. The van der Waals surface area contributed by atoms with E-state index in [2.05, 4.69) is 54.8 Å². The molecule has 8 nitrogen and oxygen atoms in total. The monoisotopic (exact) mass is 797 g/mol. The molecule has 0 saturated carbocycles. The third-order valence-corrected chi connectivity index (χ3v) is 10.8. The summed E-state index contributed by atoms with van der Waals surface area (Å²) in [6.45, 7) is 3.86. The van der Waals surface area contributed by atoms with Crippen LogP contribution in [-0.4, -0.2) is 43.3 Å². The van der Waals surface area contributed by atoms with E-state index in [9.17, 15) is 19.0 Å². The third kappa shape index (κ3) is 41.7. The summed E-state index contributed by atoms with van der Waals surface area (Å²) in [6, 6.07) is 0. The molecule has 0 aromatic rings. The largest absolute Gasteiger partial charge is 0.472 e. The van der Waals surface area contributed by atoms with E-state index in [1.807, 2.05) is 0 Å². The predicted octanol–water partition coefficient (Wildman–Crippen LogP) is 14.4. The Balaban J connectivity index is 3.95. The molecular weight excluding hydrogens is 711 g/mol. The Morgan fingerprint density at radius 2 is 0.873 bits per heavy atom. The van der Waals surface area contributed by atoms with Crippen LogP contribution < -0.4 is 0 Å². The van der Waals surface area contributed by atoms with E-state index in [-0.39, 0.29) is 25.4 Å². The first-order valence-electron chi connectivity index (χ1n) is 22.7. The molecule has 55 heavy (non-hydrogen) atoms. The van der Waals surface area contributed by atoms with Gasteiger partial charge in [0.25, 0.3) is 0 Å². The molecule has 0 saturated heterocycles. The lowest BCUT2D eigenvalue weighted by Gasteiger charge is -2.19. The quantitative estimate of drug-likeness (QED) is 0.0281. The van der Waals surface area contributed by atoms with E-state index < -0.39 is 26.5 Å². The number of unbranched alkanes of at least 4 members (excludes halogenated alkanes) is 25. The van der Waals surface area contributed by atoms with Gasteiger partial charge in [0.1, 0.15) is 6.61 Å². The Hall–Kier alpha value is -1.73. The molecule has 0 aromatic heterocycles. The molecule has 2 atom stereocenters. The number of allylic oxidation sites excluding steroid dienone is 6.